The zero-order valence-electron chi connectivity index (χ0n) is 17.4. The van der Waals surface area contributed by atoms with Crippen LogP contribution in [0.25, 0.3) is 10.9 Å². The smallest absolute Gasteiger partial charge is 0.267 e. The molecular weight excluding hydrogens is 374 g/mol. The molecule has 0 amide bonds. The van der Waals surface area contributed by atoms with Crippen molar-refractivity contribution in [3.8, 4) is 0 Å². The lowest BCUT2D eigenvalue weighted by Crippen LogP contribution is -2.24. The molecule has 5 rings (SSSR count). The van der Waals surface area contributed by atoms with Crippen LogP contribution in [0.15, 0.2) is 54.6 Å². The fraction of sp³-hybridized carbons (Fsp3) is 0.304. The maximum atomic E-state index is 4.81. The number of rotatable bonds is 4. The van der Waals surface area contributed by atoms with Crippen LogP contribution in [0.4, 0.5) is 17.5 Å². The van der Waals surface area contributed by atoms with Gasteiger partial charge in [0.25, 0.3) is 5.95 Å². The Morgan fingerprint density at radius 2 is 1.90 bits per heavy atom. The number of aryl methyl sites for hydroxylation is 1. The van der Waals surface area contributed by atoms with E-state index in [4.69, 9.17) is 4.98 Å². The van der Waals surface area contributed by atoms with E-state index in [1.807, 2.05) is 39.0 Å². The van der Waals surface area contributed by atoms with Crippen LogP contribution in [-0.2, 0) is 12.0 Å². The van der Waals surface area contributed by atoms with Gasteiger partial charge in [0.15, 0.2) is 0 Å². The van der Waals surface area contributed by atoms with Crippen LogP contribution in [0.5, 0.6) is 0 Å². The second-order valence-corrected chi connectivity index (χ2v) is 8.74. The maximum Gasteiger partial charge on any atom is 0.267 e. The number of benzene rings is 2. The van der Waals surface area contributed by atoms with Gasteiger partial charge in [-0.05, 0) is 80.3 Å². The molecule has 0 bridgehead atoms. The normalized spacial score (nSPS) is 15.9. The highest BCUT2D eigenvalue weighted by Gasteiger charge is 2.22. The molecule has 7 nitrogen and oxygen atoms in total. The highest BCUT2D eigenvalue weighted by atomic mass is 15.6. The Kier molecular flexibility index (Phi) is 4.38. The number of nitrogens with zero attached hydrogens (tertiary/aromatic N) is 5. The van der Waals surface area contributed by atoms with Crippen LogP contribution in [0.2, 0.25) is 0 Å². The topological polar surface area (TPSA) is 80.5 Å². The van der Waals surface area contributed by atoms with E-state index in [0.717, 1.165) is 35.2 Å². The highest BCUT2D eigenvalue weighted by Crippen LogP contribution is 2.33. The fourth-order valence-corrected chi connectivity index (χ4v) is 3.85. The molecule has 1 aliphatic rings. The van der Waals surface area contributed by atoms with Gasteiger partial charge in [-0.3, -0.25) is 0 Å². The standard InChI is InChI=1S/C23H25N7/c1-23(2,3)30-28-22(27-29-30)24-17-10-12-19-16(14-17)9-13-21(25-19)26-20-11-8-15-6-4-5-7-18(15)20/h4-7,9-10,12-14,20H,8,11H2,1-3H3,(H,24,28)(H,25,26)/t20-/m1/s1. The van der Waals surface area contributed by atoms with E-state index in [1.54, 1.807) is 4.80 Å². The first-order valence-corrected chi connectivity index (χ1v) is 10.3. The highest BCUT2D eigenvalue weighted by molar-refractivity contribution is 5.84. The molecule has 0 unspecified atom stereocenters. The third-order valence-electron chi connectivity index (χ3n) is 5.41. The zero-order chi connectivity index (χ0) is 20.7. The fourth-order valence-electron chi connectivity index (χ4n) is 3.85. The summed E-state index contributed by atoms with van der Waals surface area (Å²) in [7, 11) is 0. The minimum atomic E-state index is -0.205. The molecule has 0 aliphatic heterocycles. The van der Waals surface area contributed by atoms with Crippen molar-refractivity contribution in [2.24, 2.45) is 0 Å². The zero-order valence-corrected chi connectivity index (χ0v) is 17.4. The lowest BCUT2D eigenvalue weighted by atomic mass is 10.1. The van der Waals surface area contributed by atoms with Gasteiger partial charge in [-0.25, -0.2) is 4.98 Å². The summed E-state index contributed by atoms with van der Waals surface area (Å²) in [5, 5.41) is 20.5. The molecule has 152 valence electrons. The minimum Gasteiger partial charge on any atom is -0.363 e. The lowest BCUT2D eigenvalue weighted by Gasteiger charge is -2.15. The van der Waals surface area contributed by atoms with E-state index in [1.165, 1.54) is 11.1 Å². The number of tetrazole rings is 1. The minimum absolute atomic E-state index is 0.205. The van der Waals surface area contributed by atoms with Crippen LogP contribution in [-0.4, -0.2) is 25.2 Å². The Morgan fingerprint density at radius 3 is 2.73 bits per heavy atom. The Morgan fingerprint density at radius 1 is 1.03 bits per heavy atom. The van der Waals surface area contributed by atoms with Crippen molar-refractivity contribution >= 4 is 28.4 Å². The number of nitrogens with one attached hydrogen (secondary N) is 2. The molecule has 4 aromatic rings. The molecule has 0 saturated heterocycles. The van der Waals surface area contributed by atoms with Crippen LogP contribution >= 0.6 is 0 Å². The Hall–Kier alpha value is -3.48. The molecule has 1 atom stereocenters. The van der Waals surface area contributed by atoms with E-state index in [9.17, 15) is 0 Å². The van der Waals surface area contributed by atoms with Gasteiger partial charge >= 0.3 is 0 Å². The molecule has 7 heteroatoms. The van der Waals surface area contributed by atoms with Gasteiger partial charge in [-0.2, -0.15) is 4.80 Å². The molecular formula is C23H25N7. The predicted octanol–water partition coefficient (Wildman–Crippen LogP) is 4.82. The van der Waals surface area contributed by atoms with Crippen molar-refractivity contribution in [2.45, 2.75) is 45.2 Å². The summed E-state index contributed by atoms with van der Waals surface area (Å²) < 4.78 is 0. The molecule has 0 radical (unpaired) electrons. The number of aromatic nitrogens is 5. The van der Waals surface area contributed by atoms with E-state index < -0.39 is 0 Å². The summed E-state index contributed by atoms with van der Waals surface area (Å²) in [5.41, 5.74) is 4.47. The molecule has 1 aliphatic carbocycles. The molecule has 0 fully saturated rings. The molecule has 2 aromatic heterocycles. The number of anilines is 3. The van der Waals surface area contributed by atoms with Crippen molar-refractivity contribution < 1.29 is 0 Å². The number of hydrogen-bond acceptors (Lipinski definition) is 6. The SMILES string of the molecule is CC(C)(C)n1nnc(Nc2ccc3nc(N[C@@H]4CCc5ccccc54)ccc3c2)n1. The van der Waals surface area contributed by atoms with Gasteiger partial charge in [-0.1, -0.05) is 29.4 Å². The Bertz CT molecular complexity index is 1210. The maximum absolute atomic E-state index is 4.81. The monoisotopic (exact) mass is 399 g/mol. The predicted molar refractivity (Wildman–Crippen MR) is 119 cm³/mol. The molecule has 30 heavy (non-hydrogen) atoms. The first kappa shape index (κ1) is 18.5. The summed E-state index contributed by atoms with van der Waals surface area (Å²) in [6.45, 7) is 6.11. The number of pyridine rings is 1. The average molecular weight is 400 g/mol. The van der Waals surface area contributed by atoms with Crippen LogP contribution < -0.4 is 10.6 Å². The Labute approximate surface area is 175 Å². The van der Waals surface area contributed by atoms with Gasteiger partial charge in [-0.15, -0.1) is 5.10 Å². The van der Waals surface area contributed by atoms with Crippen LogP contribution in [0.1, 0.15) is 44.4 Å². The van der Waals surface area contributed by atoms with E-state index in [2.05, 4.69) is 62.4 Å². The molecule has 0 spiro atoms. The van der Waals surface area contributed by atoms with Crippen molar-refractivity contribution in [1.29, 1.82) is 0 Å². The quantitative estimate of drug-likeness (QED) is 0.512. The largest absolute Gasteiger partial charge is 0.363 e. The lowest BCUT2D eigenvalue weighted by molar-refractivity contribution is 0.306. The second kappa shape index (κ2) is 7.09. The van der Waals surface area contributed by atoms with Gasteiger partial charge in [0.2, 0.25) is 0 Å². The van der Waals surface area contributed by atoms with Crippen LogP contribution in [0.3, 0.4) is 0 Å². The summed E-state index contributed by atoms with van der Waals surface area (Å²) in [4.78, 5) is 6.42. The molecule has 2 aromatic carbocycles. The summed E-state index contributed by atoms with van der Waals surface area (Å²) in [5.74, 6) is 1.38. The van der Waals surface area contributed by atoms with Crippen LogP contribution in [0, 0.1) is 0 Å². The first-order chi connectivity index (χ1) is 14.5. The second-order valence-electron chi connectivity index (χ2n) is 8.74. The van der Waals surface area contributed by atoms with Crippen molar-refractivity contribution in [2.75, 3.05) is 10.6 Å². The van der Waals surface area contributed by atoms with Gasteiger partial charge in [0.05, 0.1) is 17.1 Å². The summed E-state index contributed by atoms with van der Waals surface area (Å²) in [6, 6.07) is 19.2. The third-order valence-corrected chi connectivity index (χ3v) is 5.41. The van der Waals surface area contributed by atoms with Crippen molar-refractivity contribution in [1.82, 2.24) is 25.2 Å². The van der Waals surface area contributed by atoms with Gasteiger partial charge in [0, 0.05) is 11.1 Å². The van der Waals surface area contributed by atoms with E-state index in [-0.39, 0.29) is 5.54 Å². The van der Waals surface area contributed by atoms with E-state index >= 15 is 0 Å². The van der Waals surface area contributed by atoms with Gasteiger partial charge < -0.3 is 10.6 Å². The summed E-state index contributed by atoms with van der Waals surface area (Å²) in [6.07, 6.45) is 2.22. The molecule has 2 N–H and O–H groups in total. The van der Waals surface area contributed by atoms with Crippen molar-refractivity contribution in [3.05, 3.63) is 65.7 Å². The number of fused-ring (bicyclic) bond motifs is 2. The molecule has 2 heterocycles. The third kappa shape index (κ3) is 3.58. The van der Waals surface area contributed by atoms with Gasteiger partial charge in [0.1, 0.15) is 5.82 Å². The Balaban J connectivity index is 1.34. The molecule has 0 saturated carbocycles. The van der Waals surface area contributed by atoms with E-state index in [0.29, 0.717) is 12.0 Å². The average Bonchev–Trinajstić information content (AvgIpc) is 3.36. The van der Waals surface area contributed by atoms with Crippen molar-refractivity contribution in [3.63, 3.8) is 0 Å². The number of hydrogen-bond donors (Lipinski definition) is 2. The summed E-state index contributed by atoms with van der Waals surface area (Å²) >= 11 is 0. The first-order valence-electron chi connectivity index (χ1n) is 10.3.